The Labute approximate surface area is 157 Å². The molecule has 6 heteroatoms. The number of amides is 3. The molecule has 3 N–H and O–H groups in total. The summed E-state index contributed by atoms with van der Waals surface area (Å²) in [5.41, 5.74) is 8.50. The number of nitrogens with zero attached hydrogens (tertiary/aromatic N) is 2. The first-order valence-corrected chi connectivity index (χ1v) is 9.44. The molecule has 1 aliphatic heterocycles. The number of benzene rings is 2. The molecule has 0 spiro atoms. The number of hydrogen-bond donors (Lipinski definition) is 2. The van der Waals surface area contributed by atoms with E-state index in [-0.39, 0.29) is 11.8 Å². The molecule has 0 atom stereocenters. The molecule has 0 saturated carbocycles. The summed E-state index contributed by atoms with van der Waals surface area (Å²) in [6.07, 6.45) is 1.29. The zero-order valence-corrected chi connectivity index (χ0v) is 15.4. The number of nitrogens with two attached hydrogens (primary N) is 1. The highest BCUT2D eigenvalue weighted by molar-refractivity contribution is 6.09. The smallest absolute Gasteiger partial charge is 0.314 e. The molecule has 2 heterocycles. The van der Waals surface area contributed by atoms with Gasteiger partial charge in [0, 0.05) is 53.0 Å². The highest BCUT2D eigenvalue weighted by Crippen LogP contribution is 2.31. The van der Waals surface area contributed by atoms with Crippen LogP contribution >= 0.6 is 0 Å². The van der Waals surface area contributed by atoms with Gasteiger partial charge in [0.2, 0.25) is 5.91 Å². The summed E-state index contributed by atoms with van der Waals surface area (Å²) in [6.45, 7) is 4.11. The Bertz CT molecular complexity index is 1020. The van der Waals surface area contributed by atoms with Crippen LogP contribution in [0.1, 0.15) is 19.8 Å². The third-order valence-electron chi connectivity index (χ3n) is 5.53. The van der Waals surface area contributed by atoms with Crippen LogP contribution in [0, 0.1) is 5.92 Å². The van der Waals surface area contributed by atoms with Crippen molar-refractivity contribution in [1.82, 2.24) is 9.47 Å². The second-order valence-corrected chi connectivity index (χ2v) is 7.08. The molecule has 3 aromatic rings. The number of primary amides is 1. The fourth-order valence-electron chi connectivity index (χ4n) is 4.08. The fourth-order valence-corrected chi connectivity index (χ4v) is 4.08. The molecule has 0 radical (unpaired) electrons. The highest BCUT2D eigenvalue weighted by atomic mass is 16.2. The number of rotatable bonds is 3. The summed E-state index contributed by atoms with van der Waals surface area (Å²) in [5, 5.41) is 5.40. The van der Waals surface area contributed by atoms with Crippen LogP contribution in [-0.4, -0.2) is 34.5 Å². The van der Waals surface area contributed by atoms with E-state index in [0.717, 1.165) is 17.6 Å². The molecular weight excluding hydrogens is 340 g/mol. The molecule has 3 amide bonds. The maximum Gasteiger partial charge on any atom is 0.314 e. The lowest BCUT2D eigenvalue weighted by Gasteiger charge is -2.29. The van der Waals surface area contributed by atoms with Crippen LogP contribution in [0.5, 0.6) is 0 Å². The Balaban J connectivity index is 1.57. The van der Waals surface area contributed by atoms with Gasteiger partial charge in [-0.2, -0.15) is 0 Å². The monoisotopic (exact) mass is 364 g/mol. The van der Waals surface area contributed by atoms with Crippen molar-refractivity contribution in [2.75, 3.05) is 18.4 Å². The molecule has 2 aromatic carbocycles. The van der Waals surface area contributed by atoms with Crippen molar-refractivity contribution in [2.45, 2.75) is 26.3 Å². The summed E-state index contributed by atoms with van der Waals surface area (Å²) < 4.78 is 2.29. The fraction of sp³-hybridized carbons (Fsp3) is 0.333. The Morgan fingerprint density at radius 3 is 2.48 bits per heavy atom. The maximum absolute atomic E-state index is 12.7. The van der Waals surface area contributed by atoms with Crippen LogP contribution in [-0.2, 0) is 11.3 Å². The number of likely N-dealkylation sites (tertiary alicyclic amines) is 1. The Morgan fingerprint density at radius 2 is 1.78 bits per heavy atom. The van der Waals surface area contributed by atoms with Gasteiger partial charge in [0.15, 0.2) is 0 Å². The van der Waals surface area contributed by atoms with Crippen LogP contribution in [0.2, 0.25) is 0 Å². The van der Waals surface area contributed by atoms with E-state index in [1.54, 1.807) is 4.90 Å². The molecular formula is C21H24N4O2. The van der Waals surface area contributed by atoms with Crippen LogP contribution < -0.4 is 11.1 Å². The van der Waals surface area contributed by atoms with Gasteiger partial charge in [-0.25, -0.2) is 4.79 Å². The first-order chi connectivity index (χ1) is 13.1. The molecule has 27 heavy (non-hydrogen) atoms. The van der Waals surface area contributed by atoms with Gasteiger partial charge in [-0.3, -0.25) is 4.79 Å². The minimum absolute atomic E-state index is 0.0118. The topological polar surface area (TPSA) is 80.4 Å². The minimum atomic E-state index is -0.411. The number of carbonyl (C=O) groups is 2. The number of piperidine rings is 1. The second-order valence-electron chi connectivity index (χ2n) is 7.08. The van der Waals surface area contributed by atoms with Crippen molar-refractivity contribution >= 4 is 39.4 Å². The number of carbonyl (C=O) groups excluding carboxylic acids is 2. The van der Waals surface area contributed by atoms with Crippen LogP contribution in [0.4, 0.5) is 10.5 Å². The molecule has 1 aliphatic rings. The lowest BCUT2D eigenvalue weighted by Crippen LogP contribution is -2.43. The van der Waals surface area contributed by atoms with Crippen molar-refractivity contribution in [1.29, 1.82) is 0 Å². The van der Waals surface area contributed by atoms with E-state index in [9.17, 15) is 9.59 Å². The number of anilines is 1. The standard InChI is InChI=1S/C21H24N4O2/c1-2-25-18-6-4-3-5-16(18)17-13-15(7-8-19(17)25)23-20(26)14-9-11-24(12-10-14)21(22)27/h3-8,13-14H,2,9-12H2,1H3,(H2,22,27)(H,23,26). The van der Waals surface area contributed by atoms with Crippen molar-refractivity contribution in [3.63, 3.8) is 0 Å². The van der Waals surface area contributed by atoms with E-state index in [4.69, 9.17) is 5.73 Å². The SMILES string of the molecule is CCn1c2ccccc2c2cc(NC(=O)C3CCN(C(N)=O)CC3)ccc21. The normalized spacial score (nSPS) is 15.4. The Kier molecular flexibility index (Phi) is 4.48. The Hall–Kier alpha value is -3.02. The molecule has 0 aliphatic carbocycles. The predicted molar refractivity (Wildman–Crippen MR) is 108 cm³/mol. The molecule has 1 fully saturated rings. The molecule has 0 bridgehead atoms. The average molecular weight is 364 g/mol. The van der Waals surface area contributed by atoms with Gasteiger partial charge in [0.05, 0.1) is 0 Å². The molecule has 1 aromatic heterocycles. The number of hydrogen-bond acceptors (Lipinski definition) is 2. The van der Waals surface area contributed by atoms with E-state index in [2.05, 4.69) is 47.1 Å². The van der Waals surface area contributed by atoms with E-state index >= 15 is 0 Å². The number of aromatic nitrogens is 1. The van der Waals surface area contributed by atoms with Gasteiger partial charge in [0.25, 0.3) is 0 Å². The zero-order valence-electron chi connectivity index (χ0n) is 15.4. The van der Waals surface area contributed by atoms with Gasteiger partial charge < -0.3 is 20.5 Å². The molecule has 6 nitrogen and oxygen atoms in total. The molecule has 1 saturated heterocycles. The van der Waals surface area contributed by atoms with Crippen LogP contribution in [0.15, 0.2) is 42.5 Å². The van der Waals surface area contributed by atoms with E-state index in [1.165, 1.54) is 16.4 Å². The number of nitrogens with one attached hydrogen (secondary N) is 1. The van der Waals surface area contributed by atoms with Gasteiger partial charge in [-0.05, 0) is 44.0 Å². The number of para-hydroxylation sites is 1. The lowest BCUT2D eigenvalue weighted by molar-refractivity contribution is -0.121. The number of urea groups is 1. The Morgan fingerprint density at radius 1 is 1.07 bits per heavy atom. The largest absolute Gasteiger partial charge is 0.351 e. The van der Waals surface area contributed by atoms with Crippen molar-refractivity contribution < 1.29 is 9.59 Å². The third kappa shape index (κ3) is 3.12. The average Bonchev–Trinajstić information content (AvgIpc) is 3.01. The van der Waals surface area contributed by atoms with E-state index < -0.39 is 6.03 Å². The van der Waals surface area contributed by atoms with Crippen molar-refractivity contribution in [2.24, 2.45) is 11.7 Å². The van der Waals surface area contributed by atoms with Gasteiger partial charge in [-0.15, -0.1) is 0 Å². The van der Waals surface area contributed by atoms with Gasteiger partial charge in [0.1, 0.15) is 0 Å². The quantitative estimate of drug-likeness (QED) is 0.745. The number of fused-ring (bicyclic) bond motifs is 3. The summed E-state index contributed by atoms with van der Waals surface area (Å²) in [4.78, 5) is 25.5. The molecule has 0 unspecified atom stereocenters. The van der Waals surface area contributed by atoms with E-state index in [0.29, 0.717) is 25.9 Å². The predicted octanol–water partition coefficient (Wildman–Crippen LogP) is 3.54. The summed E-state index contributed by atoms with van der Waals surface area (Å²) in [5.74, 6) is -0.0778. The second kappa shape index (κ2) is 6.95. The summed E-state index contributed by atoms with van der Waals surface area (Å²) >= 11 is 0. The lowest BCUT2D eigenvalue weighted by atomic mass is 9.96. The summed E-state index contributed by atoms with van der Waals surface area (Å²) in [6, 6.07) is 14.0. The molecule has 140 valence electrons. The van der Waals surface area contributed by atoms with Gasteiger partial charge >= 0.3 is 6.03 Å². The zero-order chi connectivity index (χ0) is 19.0. The molecule has 4 rings (SSSR count). The third-order valence-corrected chi connectivity index (χ3v) is 5.53. The maximum atomic E-state index is 12.7. The van der Waals surface area contributed by atoms with Crippen molar-refractivity contribution in [3.8, 4) is 0 Å². The van der Waals surface area contributed by atoms with Crippen LogP contribution in [0.25, 0.3) is 21.8 Å². The number of aryl methyl sites for hydroxylation is 1. The van der Waals surface area contributed by atoms with E-state index in [1.807, 2.05) is 12.1 Å². The first-order valence-electron chi connectivity index (χ1n) is 9.44. The summed E-state index contributed by atoms with van der Waals surface area (Å²) in [7, 11) is 0. The van der Waals surface area contributed by atoms with Gasteiger partial charge in [-0.1, -0.05) is 18.2 Å². The minimum Gasteiger partial charge on any atom is -0.351 e. The highest BCUT2D eigenvalue weighted by Gasteiger charge is 2.26. The van der Waals surface area contributed by atoms with Crippen molar-refractivity contribution in [3.05, 3.63) is 42.5 Å². The first kappa shape index (κ1) is 17.4. The van der Waals surface area contributed by atoms with Crippen LogP contribution in [0.3, 0.4) is 0 Å².